The molecule has 0 radical (unpaired) electrons. The van der Waals surface area contributed by atoms with Crippen LogP contribution in [0.15, 0.2) is 152 Å². The fraction of sp³-hybridized carbons (Fsp3) is 0.0909. The maximum atomic E-state index is 2.42. The number of hydrogen-bond acceptors (Lipinski definition) is 0. The van der Waals surface area contributed by atoms with Gasteiger partial charge in [-0.15, -0.1) is 0 Å². The zero-order valence-electron chi connectivity index (χ0n) is 20.3. The summed E-state index contributed by atoms with van der Waals surface area (Å²) < 4.78 is 0. The molecule has 5 rings (SSSR count). The Morgan fingerprint density at radius 2 is 0.629 bits per heavy atom. The van der Waals surface area contributed by atoms with Crippen molar-refractivity contribution in [3.8, 4) is 0 Å². The molecule has 5 aromatic carbocycles. The van der Waals surface area contributed by atoms with Crippen LogP contribution in [0.25, 0.3) is 0 Å². The van der Waals surface area contributed by atoms with Crippen LogP contribution in [0.2, 0.25) is 0 Å². The van der Waals surface area contributed by atoms with Gasteiger partial charge < -0.3 is 0 Å². The molecule has 0 amide bonds. The Bertz CT molecular complexity index is 1180. The summed E-state index contributed by atoms with van der Waals surface area (Å²) in [7, 11) is 0. The van der Waals surface area contributed by atoms with Gasteiger partial charge in [0.25, 0.3) is 0 Å². The zero-order chi connectivity index (χ0) is 24.0. The molecule has 0 aliphatic rings. The Balaban J connectivity index is 2.05. The first-order valence-corrected chi connectivity index (χ1v) is 17.8. The summed E-state index contributed by atoms with van der Waals surface area (Å²) in [6.45, 7) is -2.61. The summed E-state index contributed by atoms with van der Waals surface area (Å²) in [4.78, 5) is 0. The third-order valence-corrected chi connectivity index (χ3v) is 25.1. The number of hydrogen-bond donors (Lipinski definition) is 0. The van der Waals surface area contributed by atoms with Crippen molar-refractivity contribution >= 4 is 40.4 Å². The molecular weight excluding hydrogens is 458 g/mol. The fourth-order valence-electron chi connectivity index (χ4n) is 6.20. The fourth-order valence-corrected chi connectivity index (χ4v) is 26.6. The zero-order valence-corrected chi connectivity index (χ0v) is 22.3. The van der Waals surface area contributed by atoms with Crippen molar-refractivity contribution in [2.45, 2.75) is 13.3 Å². The average Bonchev–Trinajstić information content (AvgIpc) is 2.95. The quantitative estimate of drug-likeness (QED) is 0.219. The van der Waals surface area contributed by atoms with Crippen LogP contribution >= 0.6 is 13.9 Å². The third kappa shape index (κ3) is 4.06. The molecule has 5 aromatic rings. The Kier molecular flexibility index (Phi) is 7.24. The first-order chi connectivity index (χ1) is 17.3. The molecule has 0 N–H and O–H groups in total. The monoisotopic (exact) mass is 492 g/mol. The molecule has 35 heavy (non-hydrogen) atoms. The molecule has 2 heteroatoms. The molecule has 0 saturated heterocycles. The standard InChI is InChI=1S/C33H34P2/c1-2-28-34(29-18-8-3-9-19-29,30-20-10-4-11-21-30)35(31-22-12-5-13-23-31,32-24-14-6-15-25-32)33-26-16-7-17-27-33/h3-27,34-35H,2,28H2,1H3. The predicted molar refractivity (Wildman–Crippen MR) is 162 cm³/mol. The predicted octanol–water partition coefficient (Wildman–Crippen LogP) is 6.44. The van der Waals surface area contributed by atoms with Gasteiger partial charge in [-0.1, -0.05) is 0 Å². The van der Waals surface area contributed by atoms with Crippen LogP contribution in [0.5, 0.6) is 0 Å². The maximum absolute atomic E-state index is 2.57. The van der Waals surface area contributed by atoms with E-state index in [-0.39, 0.29) is 0 Å². The molecule has 0 saturated carbocycles. The van der Waals surface area contributed by atoms with Gasteiger partial charge >= 0.3 is 212 Å². The first kappa shape index (κ1) is 23.7. The third-order valence-electron chi connectivity index (χ3n) is 7.42. The van der Waals surface area contributed by atoms with Gasteiger partial charge in [0.1, 0.15) is 0 Å². The summed E-state index contributed by atoms with van der Waals surface area (Å²) in [5.74, 6) is 0. The second kappa shape index (κ2) is 10.7. The summed E-state index contributed by atoms with van der Waals surface area (Å²) in [5.41, 5.74) is 0. The molecule has 0 fully saturated rings. The van der Waals surface area contributed by atoms with E-state index in [9.17, 15) is 0 Å². The van der Waals surface area contributed by atoms with Crippen LogP contribution in [0.4, 0.5) is 0 Å². The summed E-state index contributed by atoms with van der Waals surface area (Å²) in [6.07, 6.45) is 2.35. The van der Waals surface area contributed by atoms with Crippen molar-refractivity contribution in [1.82, 2.24) is 0 Å². The molecule has 0 unspecified atom stereocenters. The van der Waals surface area contributed by atoms with E-state index in [0.717, 1.165) is 6.42 Å². The van der Waals surface area contributed by atoms with E-state index < -0.39 is 13.9 Å². The van der Waals surface area contributed by atoms with Crippen LogP contribution in [0.1, 0.15) is 13.3 Å². The molecule has 0 nitrogen and oxygen atoms in total. The van der Waals surface area contributed by atoms with E-state index in [1.807, 2.05) is 0 Å². The van der Waals surface area contributed by atoms with Crippen molar-refractivity contribution < 1.29 is 0 Å². The van der Waals surface area contributed by atoms with E-state index in [1.54, 1.807) is 0 Å². The topological polar surface area (TPSA) is 0 Å². The second-order valence-corrected chi connectivity index (χ2v) is 20.7. The van der Waals surface area contributed by atoms with E-state index in [4.69, 9.17) is 0 Å². The van der Waals surface area contributed by atoms with Gasteiger partial charge in [-0.25, -0.2) is 0 Å². The van der Waals surface area contributed by atoms with Gasteiger partial charge in [-0.3, -0.25) is 0 Å². The molecule has 0 aromatic heterocycles. The van der Waals surface area contributed by atoms with E-state index in [0.29, 0.717) is 0 Å². The molecule has 0 heterocycles. The Hall–Kier alpha value is -3.04. The Morgan fingerprint density at radius 1 is 0.371 bits per heavy atom. The second-order valence-electron chi connectivity index (χ2n) is 9.24. The van der Waals surface area contributed by atoms with Gasteiger partial charge in [-0.2, -0.15) is 0 Å². The van der Waals surface area contributed by atoms with Gasteiger partial charge in [0.15, 0.2) is 0 Å². The van der Waals surface area contributed by atoms with E-state index in [1.165, 1.54) is 32.7 Å². The molecular formula is C33H34P2. The van der Waals surface area contributed by atoms with Crippen molar-refractivity contribution in [2.24, 2.45) is 0 Å². The molecule has 0 bridgehead atoms. The normalized spacial score (nSPS) is 12.7. The number of rotatable bonds is 8. The van der Waals surface area contributed by atoms with Crippen molar-refractivity contribution in [2.75, 3.05) is 6.16 Å². The van der Waals surface area contributed by atoms with Gasteiger partial charge in [0.2, 0.25) is 0 Å². The van der Waals surface area contributed by atoms with E-state index in [2.05, 4.69) is 159 Å². The van der Waals surface area contributed by atoms with Crippen molar-refractivity contribution in [3.05, 3.63) is 152 Å². The molecule has 0 aliphatic carbocycles. The van der Waals surface area contributed by atoms with E-state index >= 15 is 0 Å². The van der Waals surface area contributed by atoms with Crippen molar-refractivity contribution in [3.63, 3.8) is 0 Å². The minimum absolute atomic E-state index is 1.15. The Labute approximate surface area is 211 Å². The molecule has 0 atom stereocenters. The van der Waals surface area contributed by atoms with Crippen LogP contribution < -0.4 is 26.5 Å². The Morgan fingerprint density at radius 3 is 0.886 bits per heavy atom. The van der Waals surface area contributed by atoms with Gasteiger partial charge in [0, 0.05) is 0 Å². The molecule has 0 aliphatic heterocycles. The van der Waals surface area contributed by atoms with Crippen LogP contribution in [-0.2, 0) is 0 Å². The van der Waals surface area contributed by atoms with Crippen LogP contribution in [0, 0.1) is 0 Å². The van der Waals surface area contributed by atoms with Crippen LogP contribution in [0.3, 0.4) is 0 Å². The van der Waals surface area contributed by atoms with Crippen molar-refractivity contribution in [1.29, 1.82) is 0 Å². The minimum atomic E-state index is -2.57. The summed E-state index contributed by atoms with van der Waals surface area (Å²) >= 11 is 0. The first-order valence-electron chi connectivity index (χ1n) is 12.6. The SMILES string of the molecule is CCC[PH](c1ccccc1)(c1ccccc1)[PH](c1ccccc1)(c1ccccc1)c1ccccc1. The summed E-state index contributed by atoms with van der Waals surface area (Å²) in [5, 5.41) is 7.59. The summed E-state index contributed by atoms with van der Waals surface area (Å²) in [6, 6.07) is 57.4. The molecule has 176 valence electrons. The number of benzene rings is 5. The molecule has 0 spiro atoms. The average molecular weight is 493 g/mol. The van der Waals surface area contributed by atoms with Gasteiger partial charge in [0.05, 0.1) is 0 Å². The van der Waals surface area contributed by atoms with Crippen LogP contribution in [-0.4, -0.2) is 6.16 Å². The van der Waals surface area contributed by atoms with Gasteiger partial charge in [-0.05, 0) is 0 Å².